The van der Waals surface area contributed by atoms with Gasteiger partial charge in [-0.3, -0.25) is 9.80 Å². The monoisotopic (exact) mass is 855 g/mol. The first kappa shape index (κ1) is 43.1. The standard InChI is InChI=1S/C48H60F3N5O4Si/c1-28(2)61(29(3)4,30(5)6)20-17-37-40(50)16-11-31-21-35(57)22-39(41(31)37)36-14-15-38-43(42(36)51)52-45(59-27-48-18-10-19-55(48)24-32(49)23-48)53-44(38)54-25-33-12-13-34(26-54)56(33)46(58)60-47(7,8)9/h11,14-16,21-22,28-30,32-34,57H,10,12-13,18-19,23-27H2,1-9H3/t32-,33?,34?,48+/m1/s1. The molecular formula is C48H60F3N5O4Si. The number of nitrogens with zero attached hydrogens (tertiary/aromatic N) is 5. The van der Waals surface area contributed by atoms with Crippen molar-refractivity contribution in [2.45, 2.75) is 140 Å². The third-order valence-electron chi connectivity index (χ3n) is 14.0. The zero-order valence-electron chi connectivity index (χ0n) is 37.0. The summed E-state index contributed by atoms with van der Waals surface area (Å²) in [6, 6.07) is 9.05. The molecule has 13 heteroatoms. The van der Waals surface area contributed by atoms with Crippen molar-refractivity contribution < 1.29 is 32.5 Å². The smallest absolute Gasteiger partial charge is 0.410 e. The number of fused-ring (bicyclic) bond motifs is 5. The number of ether oxygens (including phenoxy) is 2. The topological polar surface area (TPSA) is 91.3 Å². The predicted molar refractivity (Wildman–Crippen MR) is 238 cm³/mol. The average molecular weight is 856 g/mol. The van der Waals surface area contributed by atoms with E-state index < -0.39 is 37.0 Å². The number of phenols is 1. The lowest BCUT2D eigenvalue weighted by atomic mass is 9.93. The quantitative estimate of drug-likeness (QED) is 0.138. The third kappa shape index (κ3) is 7.70. The number of anilines is 1. The van der Waals surface area contributed by atoms with Gasteiger partial charge in [-0.25, -0.2) is 18.0 Å². The maximum atomic E-state index is 17.7. The minimum absolute atomic E-state index is 0.00126. The zero-order chi connectivity index (χ0) is 43.8. The molecule has 9 nitrogen and oxygen atoms in total. The Morgan fingerprint density at radius 3 is 2.31 bits per heavy atom. The summed E-state index contributed by atoms with van der Waals surface area (Å²) in [5, 5.41) is 12.4. The molecular weight excluding hydrogens is 796 g/mol. The molecule has 1 amide bonds. The second-order valence-electron chi connectivity index (χ2n) is 19.9. The number of amides is 1. The van der Waals surface area contributed by atoms with E-state index >= 15 is 8.78 Å². The number of aromatic hydroxyl groups is 1. The van der Waals surface area contributed by atoms with Gasteiger partial charge < -0.3 is 19.5 Å². The van der Waals surface area contributed by atoms with E-state index in [9.17, 15) is 14.3 Å². The Morgan fingerprint density at radius 2 is 1.66 bits per heavy atom. The minimum atomic E-state index is -2.30. The Morgan fingerprint density at radius 1 is 0.967 bits per heavy atom. The van der Waals surface area contributed by atoms with Gasteiger partial charge in [-0.2, -0.15) is 9.97 Å². The van der Waals surface area contributed by atoms with Crippen LogP contribution in [0, 0.1) is 23.1 Å². The highest BCUT2D eigenvalue weighted by Gasteiger charge is 2.50. The van der Waals surface area contributed by atoms with E-state index in [1.807, 2.05) is 25.7 Å². The van der Waals surface area contributed by atoms with Crippen LogP contribution in [-0.2, 0) is 4.74 Å². The molecule has 4 aliphatic heterocycles. The van der Waals surface area contributed by atoms with Crippen LogP contribution in [-0.4, -0.2) is 101 Å². The van der Waals surface area contributed by atoms with E-state index in [2.05, 4.69) is 62.8 Å². The van der Waals surface area contributed by atoms with Crippen molar-refractivity contribution in [1.82, 2.24) is 19.8 Å². The summed E-state index contributed by atoms with van der Waals surface area (Å²) in [7, 11) is -2.30. The molecule has 0 radical (unpaired) electrons. The van der Waals surface area contributed by atoms with E-state index in [1.54, 1.807) is 24.3 Å². The van der Waals surface area contributed by atoms with Gasteiger partial charge in [0.25, 0.3) is 0 Å². The molecule has 2 bridgehead atoms. The number of benzene rings is 3. The molecule has 326 valence electrons. The molecule has 4 aliphatic rings. The number of carbonyl (C=O) groups is 1. The molecule has 61 heavy (non-hydrogen) atoms. The van der Waals surface area contributed by atoms with Crippen molar-refractivity contribution in [2.75, 3.05) is 37.7 Å². The van der Waals surface area contributed by atoms with E-state index in [1.165, 1.54) is 12.1 Å². The maximum Gasteiger partial charge on any atom is 0.410 e. The molecule has 8 rings (SSSR count). The number of piperazine rings is 1. The van der Waals surface area contributed by atoms with Crippen molar-refractivity contribution in [3.05, 3.63) is 53.6 Å². The van der Waals surface area contributed by atoms with Gasteiger partial charge in [0.2, 0.25) is 0 Å². The van der Waals surface area contributed by atoms with Gasteiger partial charge in [0, 0.05) is 42.4 Å². The van der Waals surface area contributed by atoms with Gasteiger partial charge in [-0.1, -0.05) is 59.6 Å². The molecule has 3 aromatic carbocycles. The van der Waals surface area contributed by atoms with Gasteiger partial charge in [-0.05, 0) is 105 Å². The molecule has 4 fully saturated rings. The second-order valence-corrected chi connectivity index (χ2v) is 25.4. The van der Waals surface area contributed by atoms with Crippen molar-refractivity contribution >= 4 is 41.7 Å². The summed E-state index contributed by atoms with van der Waals surface area (Å²) in [4.78, 5) is 29.1. The Bertz CT molecular complexity index is 2390. The Kier molecular flexibility index (Phi) is 11.3. The number of alkyl halides is 1. The van der Waals surface area contributed by atoms with Crippen LogP contribution in [0.4, 0.5) is 23.8 Å². The molecule has 2 unspecified atom stereocenters. The summed E-state index contributed by atoms with van der Waals surface area (Å²) in [5.41, 5.74) is 4.02. The number of rotatable bonds is 8. The predicted octanol–water partition coefficient (Wildman–Crippen LogP) is 10.5. The summed E-state index contributed by atoms with van der Waals surface area (Å²) >= 11 is 0. The second kappa shape index (κ2) is 16.0. The number of halogens is 3. The van der Waals surface area contributed by atoms with Crippen molar-refractivity contribution in [3.8, 4) is 34.4 Å². The number of hydrogen-bond donors (Lipinski definition) is 1. The highest BCUT2D eigenvalue weighted by Crippen LogP contribution is 2.45. The van der Waals surface area contributed by atoms with Crippen LogP contribution in [0.3, 0.4) is 0 Å². The van der Waals surface area contributed by atoms with Gasteiger partial charge in [-0.15, -0.1) is 5.54 Å². The summed E-state index contributed by atoms with van der Waals surface area (Å²) in [5.74, 6) is 2.47. The third-order valence-corrected chi connectivity index (χ3v) is 20.3. The van der Waals surface area contributed by atoms with Crippen LogP contribution in [0.2, 0.25) is 16.6 Å². The first-order valence-electron chi connectivity index (χ1n) is 22.1. The first-order chi connectivity index (χ1) is 28.8. The number of hydrogen-bond acceptors (Lipinski definition) is 8. The van der Waals surface area contributed by atoms with Gasteiger partial charge in [0.15, 0.2) is 5.82 Å². The molecule has 4 aromatic rings. The minimum Gasteiger partial charge on any atom is -0.508 e. The highest BCUT2D eigenvalue weighted by molar-refractivity contribution is 6.90. The molecule has 4 saturated heterocycles. The van der Waals surface area contributed by atoms with Crippen LogP contribution >= 0.6 is 0 Å². The fraction of sp³-hybridized carbons (Fsp3) is 0.562. The lowest BCUT2D eigenvalue weighted by Gasteiger charge is -2.42. The first-order valence-corrected chi connectivity index (χ1v) is 24.3. The molecule has 0 spiro atoms. The van der Waals surface area contributed by atoms with E-state index in [0.29, 0.717) is 64.7 Å². The summed E-state index contributed by atoms with van der Waals surface area (Å²) in [6.07, 6.45) is 2.34. The number of phenolic OH excluding ortho intramolecular Hbond substituents is 1. The maximum absolute atomic E-state index is 17.7. The molecule has 0 saturated carbocycles. The van der Waals surface area contributed by atoms with Crippen molar-refractivity contribution in [3.63, 3.8) is 0 Å². The summed E-state index contributed by atoms with van der Waals surface area (Å²) < 4.78 is 60.8. The van der Waals surface area contributed by atoms with Crippen molar-refractivity contribution in [1.29, 1.82) is 0 Å². The Hall–Kier alpha value is -4.54. The molecule has 1 aromatic heterocycles. The van der Waals surface area contributed by atoms with E-state index in [0.717, 1.165) is 32.2 Å². The molecule has 4 atom stereocenters. The zero-order valence-corrected chi connectivity index (χ0v) is 38.0. The molecule has 5 heterocycles. The fourth-order valence-electron chi connectivity index (χ4n) is 11.3. The van der Waals surface area contributed by atoms with Crippen LogP contribution < -0.4 is 9.64 Å². The number of carbonyl (C=O) groups excluding carboxylic acids is 1. The number of aromatic nitrogens is 2. The molecule has 1 N–H and O–H groups in total. The molecule has 0 aliphatic carbocycles. The van der Waals surface area contributed by atoms with E-state index in [-0.39, 0.29) is 58.8 Å². The summed E-state index contributed by atoms with van der Waals surface area (Å²) in [6.45, 7) is 20.9. The van der Waals surface area contributed by atoms with E-state index in [4.69, 9.17) is 19.4 Å². The lowest BCUT2D eigenvalue weighted by Crippen LogP contribution is -2.57. The fourth-order valence-corrected chi connectivity index (χ4v) is 16.5. The highest BCUT2D eigenvalue weighted by atomic mass is 28.3. The van der Waals surface area contributed by atoms with Gasteiger partial charge in [0.1, 0.15) is 49.4 Å². The van der Waals surface area contributed by atoms with Crippen molar-refractivity contribution in [2.24, 2.45) is 0 Å². The van der Waals surface area contributed by atoms with Gasteiger partial charge >= 0.3 is 12.1 Å². The lowest BCUT2D eigenvalue weighted by molar-refractivity contribution is 0.0122. The van der Waals surface area contributed by atoms with Crippen LogP contribution in [0.25, 0.3) is 32.8 Å². The van der Waals surface area contributed by atoms with Gasteiger partial charge in [0.05, 0.1) is 23.2 Å². The largest absolute Gasteiger partial charge is 0.508 e. The Balaban J connectivity index is 1.26. The average Bonchev–Trinajstić information content (AvgIpc) is 3.80. The van der Waals surface area contributed by atoms with Crippen LogP contribution in [0.15, 0.2) is 36.4 Å². The van der Waals surface area contributed by atoms with Crippen LogP contribution in [0.5, 0.6) is 11.8 Å². The Labute approximate surface area is 359 Å². The van der Waals surface area contributed by atoms with Crippen LogP contribution in [0.1, 0.15) is 100.0 Å². The SMILES string of the molecule is CC(C)[Si](C#Cc1c(F)ccc2cc(O)cc(-c3ccc4c(N5CC6CCC(C5)N6C(=O)OC(C)(C)C)nc(OC[C@@]56CCCN5C[C@H](F)C6)nc4c3F)c12)(C(C)C)C(C)C. The normalized spacial score (nSPS) is 23.1.